The molecule has 6 heteroatoms. The van der Waals surface area contributed by atoms with Crippen molar-refractivity contribution >= 4 is 11.8 Å². The van der Waals surface area contributed by atoms with Gasteiger partial charge in [0.15, 0.2) is 0 Å². The first kappa shape index (κ1) is 18.5. The Morgan fingerprint density at radius 3 is 2.50 bits per heavy atom. The largest absolute Gasteiger partial charge is 0.497 e. The lowest BCUT2D eigenvalue weighted by atomic mass is 10.0. The van der Waals surface area contributed by atoms with E-state index >= 15 is 0 Å². The van der Waals surface area contributed by atoms with E-state index in [0.717, 1.165) is 22.4 Å². The zero-order chi connectivity index (χ0) is 19.5. The van der Waals surface area contributed by atoms with Crippen LogP contribution in [0.25, 0.3) is 0 Å². The summed E-state index contributed by atoms with van der Waals surface area (Å²) in [4.78, 5) is 29.6. The number of hydrogen-bond donors (Lipinski definition) is 0. The van der Waals surface area contributed by atoms with Crippen LogP contribution >= 0.6 is 0 Å². The summed E-state index contributed by atoms with van der Waals surface area (Å²) < 4.78 is 10.6. The average Bonchev–Trinajstić information content (AvgIpc) is 3.09. The minimum absolute atomic E-state index is 0.0220. The number of carbonyl (C=O) groups is 2. The Morgan fingerprint density at radius 1 is 1.11 bits per heavy atom. The fourth-order valence-corrected chi connectivity index (χ4v) is 3.87. The van der Waals surface area contributed by atoms with E-state index in [1.165, 1.54) is 0 Å². The molecule has 0 unspecified atom stereocenters. The quantitative estimate of drug-likeness (QED) is 0.800. The molecule has 2 amide bonds. The highest BCUT2D eigenvalue weighted by molar-refractivity contribution is 5.98. The number of fused-ring (bicyclic) bond motifs is 1. The van der Waals surface area contributed by atoms with E-state index < -0.39 is 0 Å². The van der Waals surface area contributed by atoms with Gasteiger partial charge >= 0.3 is 0 Å². The highest BCUT2D eigenvalue weighted by Gasteiger charge is 2.35. The second kappa shape index (κ2) is 8.02. The Hall–Kier alpha value is -2.86. The van der Waals surface area contributed by atoms with Gasteiger partial charge in [0.05, 0.1) is 32.8 Å². The van der Waals surface area contributed by atoms with Crippen molar-refractivity contribution in [2.24, 2.45) is 0 Å². The Balaban J connectivity index is 1.61. The number of rotatable bonds is 5. The first-order chi connectivity index (χ1) is 13.7. The van der Waals surface area contributed by atoms with Gasteiger partial charge in [0.2, 0.25) is 5.91 Å². The van der Waals surface area contributed by atoms with Crippen LogP contribution in [0.1, 0.15) is 33.9 Å². The molecule has 2 heterocycles. The van der Waals surface area contributed by atoms with Crippen LogP contribution in [0.15, 0.2) is 48.5 Å². The molecule has 0 radical (unpaired) electrons. The van der Waals surface area contributed by atoms with Crippen LogP contribution < -0.4 is 4.74 Å². The van der Waals surface area contributed by atoms with Crippen molar-refractivity contribution in [1.82, 2.24) is 9.80 Å². The van der Waals surface area contributed by atoms with Gasteiger partial charge in [-0.25, -0.2) is 0 Å². The summed E-state index contributed by atoms with van der Waals surface area (Å²) in [5, 5.41) is 0. The van der Waals surface area contributed by atoms with Crippen LogP contribution in [-0.2, 0) is 16.1 Å². The summed E-state index contributed by atoms with van der Waals surface area (Å²) in [6.07, 6.45) is 0.256. The number of hydrogen-bond acceptors (Lipinski definition) is 4. The Morgan fingerprint density at radius 2 is 1.82 bits per heavy atom. The maximum atomic E-state index is 13.0. The topological polar surface area (TPSA) is 59.1 Å². The number of benzene rings is 2. The van der Waals surface area contributed by atoms with E-state index in [1.54, 1.807) is 7.11 Å². The molecule has 2 aromatic carbocycles. The monoisotopic (exact) mass is 380 g/mol. The molecule has 1 saturated heterocycles. The molecule has 28 heavy (non-hydrogen) atoms. The predicted molar refractivity (Wildman–Crippen MR) is 104 cm³/mol. The molecule has 0 spiro atoms. The summed E-state index contributed by atoms with van der Waals surface area (Å²) in [5.74, 6) is 0.775. The molecule has 1 fully saturated rings. The van der Waals surface area contributed by atoms with Crippen LogP contribution in [0.4, 0.5) is 0 Å². The molecular formula is C22H24N2O4. The lowest BCUT2D eigenvalue weighted by Crippen LogP contribution is -2.42. The van der Waals surface area contributed by atoms with Gasteiger partial charge in [-0.05, 0) is 29.3 Å². The first-order valence-corrected chi connectivity index (χ1v) is 9.55. The Labute approximate surface area is 164 Å². The molecule has 2 aliphatic heterocycles. The third-order valence-corrected chi connectivity index (χ3v) is 5.46. The molecular weight excluding hydrogens is 356 g/mol. The maximum absolute atomic E-state index is 13.0. The molecule has 146 valence electrons. The number of morpholine rings is 1. The minimum Gasteiger partial charge on any atom is -0.497 e. The van der Waals surface area contributed by atoms with Gasteiger partial charge in [-0.15, -0.1) is 0 Å². The second-order valence-electron chi connectivity index (χ2n) is 7.08. The van der Waals surface area contributed by atoms with Gasteiger partial charge in [-0.1, -0.05) is 30.3 Å². The molecule has 0 aliphatic carbocycles. The van der Waals surface area contributed by atoms with Crippen LogP contribution in [0, 0.1) is 0 Å². The summed E-state index contributed by atoms with van der Waals surface area (Å²) >= 11 is 0. The van der Waals surface area contributed by atoms with E-state index in [0.29, 0.717) is 32.8 Å². The van der Waals surface area contributed by atoms with E-state index in [4.69, 9.17) is 9.47 Å². The van der Waals surface area contributed by atoms with Gasteiger partial charge in [-0.3, -0.25) is 9.59 Å². The predicted octanol–water partition coefficient (Wildman–Crippen LogP) is 2.64. The van der Waals surface area contributed by atoms with Crippen molar-refractivity contribution < 1.29 is 19.1 Å². The van der Waals surface area contributed by atoms with Gasteiger partial charge in [0, 0.05) is 25.2 Å². The smallest absolute Gasteiger partial charge is 0.255 e. The van der Waals surface area contributed by atoms with Crippen molar-refractivity contribution in [2.45, 2.75) is 19.0 Å². The van der Waals surface area contributed by atoms with E-state index in [1.807, 2.05) is 58.3 Å². The first-order valence-electron chi connectivity index (χ1n) is 9.55. The van der Waals surface area contributed by atoms with Gasteiger partial charge in [0.25, 0.3) is 5.91 Å². The Bertz CT molecular complexity index is 859. The molecule has 2 aliphatic rings. The number of carbonyl (C=O) groups excluding carboxylic acids is 2. The zero-order valence-corrected chi connectivity index (χ0v) is 16.0. The van der Waals surface area contributed by atoms with Crippen molar-refractivity contribution in [2.75, 3.05) is 33.4 Å². The van der Waals surface area contributed by atoms with Gasteiger partial charge in [0.1, 0.15) is 5.75 Å². The van der Waals surface area contributed by atoms with Crippen LogP contribution in [0.2, 0.25) is 0 Å². The van der Waals surface area contributed by atoms with E-state index in [2.05, 4.69) is 0 Å². The summed E-state index contributed by atoms with van der Waals surface area (Å²) in [6, 6.07) is 14.9. The fraction of sp³-hybridized carbons (Fsp3) is 0.364. The highest BCUT2D eigenvalue weighted by atomic mass is 16.5. The second-order valence-corrected chi connectivity index (χ2v) is 7.08. The normalized spacial score (nSPS) is 17.4. The molecule has 6 nitrogen and oxygen atoms in total. The number of amides is 2. The van der Waals surface area contributed by atoms with Crippen LogP contribution in [0.3, 0.4) is 0 Å². The van der Waals surface area contributed by atoms with Crippen molar-refractivity contribution in [3.63, 3.8) is 0 Å². The minimum atomic E-state index is -0.318. The molecule has 0 N–H and O–H groups in total. The Kier molecular flexibility index (Phi) is 5.30. The van der Waals surface area contributed by atoms with E-state index in [-0.39, 0.29) is 24.3 Å². The summed E-state index contributed by atoms with van der Waals surface area (Å²) in [5.41, 5.74) is 2.66. The SMILES string of the molecule is COc1ccc([C@@H](CC(=O)N2CCOCC2)N2Cc3ccccc3C2=O)cc1. The molecule has 0 bridgehead atoms. The molecule has 1 atom stereocenters. The molecule has 4 rings (SSSR count). The van der Waals surface area contributed by atoms with Crippen LogP contribution in [0.5, 0.6) is 5.75 Å². The summed E-state index contributed by atoms with van der Waals surface area (Å²) in [7, 11) is 1.62. The zero-order valence-electron chi connectivity index (χ0n) is 16.0. The fourth-order valence-electron chi connectivity index (χ4n) is 3.87. The van der Waals surface area contributed by atoms with Crippen molar-refractivity contribution in [3.05, 3.63) is 65.2 Å². The third-order valence-electron chi connectivity index (χ3n) is 5.46. The van der Waals surface area contributed by atoms with Crippen LogP contribution in [-0.4, -0.2) is 55.0 Å². The van der Waals surface area contributed by atoms with Crippen molar-refractivity contribution in [3.8, 4) is 5.75 Å². The molecule has 2 aromatic rings. The third kappa shape index (κ3) is 3.60. The lowest BCUT2D eigenvalue weighted by Gasteiger charge is -2.32. The van der Waals surface area contributed by atoms with Gasteiger partial charge < -0.3 is 19.3 Å². The van der Waals surface area contributed by atoms with E-state index in [9.17, 15) is 9.59 Å². The lowest BCUT2D eigenvalue weighted by molar-refractivity contribution is -0.136. The molecule has 0 saturated carbocycles. The number of nitrogens with zero attached hydrogens (tertiary/aromatic N) is 2. The maximum Gasteiger partial charge on any atom is 0.255 e. The van der Waals surface area contributed by atoms with Gasteiger partial charge in [-0.2, -0.15) is 0 Å². The standard InChI is InChI=1S/C22H24N2O4/c1-27-18-8-6-16(7-9-18)20(14-21(25)23-10-12-28-13-11-23)24-15-17-4-2-3-5-19(17)22(24)26/h2-9,20H,10-15H2,1H3/t20-/m1/s1. The van der Waals surface area contributed by atoms with Crippen molar-refractivity contribution in [1.29, 1.82) is 0 Å². The number of methoxy groups -OCH3 is 1. The molecule has 0 aromatic heterocycles. The number of ether oxygens (including phenoxy) is 2. The summed E-state index contributed by atoms with van der Waals surface area (Å²) in [6.45, 7) is 2.84. The average molecular weight is 380 g/mol. The highest BCUT2D eigenvalue weighted by Crippen LogP contribution is 2.34.